The maximum absolute atomic E-state index is 5.20. The molecule has 0 bridgehead atoms. The molecule has 124 valence electrons. The largest absolute Gasteiger partial charge is 0.481 e. The van der Waals surface area contributed by atoms with Crippen molar-refractivity contribution in [2.75, 3.05) is 32.1 Å². The first kappa shape index (κ1) is 15.7. The molecule has 0 radical (unpaired) electrons. The SMILES string of the molecule is COc1cc(N(C)C2CCCN(Cc3cn[nH]c3C)C2)ncn1. The summed E-state index contributed by atoms with van der Waals surface area (Å²) in [6.45, 7) is 5.16. The molecule has 1 saturated heterocycles. The van der Waals surface area contributed by atoms with Crippen LogP contribution in [0.2, 0.25) is 0 Å². The highest BCUT2D eigenvalue weighted by atomic mass is 16.5. The average Bonchev–Trinajstić information content (AvgIpc) is 2.99. The van der Waals surface area contributed by atoms with Gasteiger partial charge in [-0.05, 0) is 26.3 Å². The van der Waals surface area contributed by atoms with E-state index in [2.05, 4.69) is 43.9 Å². The lowest BCUT2D eigenvalue weighted by Gasteiger charge is -2.38. The average molecular weight is 316 g/mol. The Morgan fingerprint density at radius 3 is 3.04 bits per heavy atom. The summed E-state index contributed by atoms with van der Waals surface area (Å²) < 4.78 is 5.20. The summed E-state index contributed by atoms with van der Waals surface area (Å²) in [6, 6.07) is 2.33. The van der Waals surface area contributed by atoms with E-state index in [0.717, 1.165) is 31.1 Å². The Balaban J connectivity index is 1.66. The van der Waals surface area contributed by atoms with Gasteiger partial charge in [-0.1, -0.05) is 0 Å². The Morgan fingerprint density at radius 1 is 1.43 bits per heavy atom. The van der Waals surface area contributed by atoms with Crippen LogP contribution >= 0.6 is 0 Å². The van der Waals surface area contributed by atoms with Gasteiger partial charge < -0.3 is 9.64 Å². The van der Waals surface area contributed by atoms with Crippen LogP contribution in [-0.4, -0.2) is 58.4 Å². The van der Waals surface area contributed by atoms with Crippen molar-refractivity contribution >= 4 is 5.82 Å². The summed E-state index contributed by atoms with van der Waals surface area (Å²) in [7, 11) is 3.72. The number of rotatable bonds is 5. The summed E-state index contributed by atoms with van der Waals surface area (Å²) in [4.78, 5) is 13.2. The third-order valence-corrected chi connectivity index (χ3v) is 4.55. The molecule has 1 N–H and O–H groups in total. The van der Waals surface area contributed by atoms with Gasteiger partial charge in [0.1, 0.15) is 12.1 Å². The van der Waals surface area contributed by atoms with Crippen molar-refractivity contribution in [3.8, 4) is 5.88 Å². The number of nitrogens with zero attached hydrogens (tertiary/aromatic N) is 5. The Hall–Kier alpha value is -2.15. The molecule has 1 atom stereocenters. The van der Waals surface area contributed by atoms with Gasteiger partial charge >= 0.3 is 0 Å². The van der Waals surface area contributed by atoms with Gasteiger partial charge in [-0.2, -0.15) is 5.10 Å². The summed E-state index contributed by atoms with van der Waals surface area (Å²) in [5.41, 5.74) is 2.43. The van der Waals surface area contributed by atoms with Crippen molar-refractivity contribution in [3.05, 3.63) is 29.8 Å². The molecule has 0 aliphatic carbocycles. The second kappa shape index (κ2) is 6.95. The van der Waals surface area contributed by atoms with Gasteiger partial charge in [-0.15, -0.1) is 0 Å². The summed E-state index contributed by atoms with van der Waals surface area (Å²) in [5.74, 6) is 1.51. The molecular formula is C16H24N6O. The standard InChI is InChI=1S/C16H24N6O/c1-12-13(8-19-20-12)9-22-6-4-5-14(10-22)21(2)15-7-16(23-3)18-11-17-15/h7-8,11,14H,4-6,9-10H2,1-3H3,(H,19,20). The number of piperidine rings is 1. The molecule has 1 unspecified atom stereocenters. The summed E-state index contributed by atoms with van der Waals surface area (Å²) in [5, 5.41) is 7.13. The Bertz CT molecular complexity index is 643. The molecule has 1 fully saturated rings. The smallest absolute Gasteiger partial charge is 0.218 e. The molecule has 2 aromatic heterocycles. The highest BCUT2D eigenvalue weighted by Crippen LogP contribution is 2.23. The lowest BCUT2D eigenvalue weighted by Crippen LogP contribution is -2.46. The van der Waals surface area contributed by atoms with E-state index in [1.807, 2.05) is 12.3 Å². The maximum Gasteiger partial charge on any atom is 0.218 e. The van der Waals surface area contributed by atoms with Crippen LogP contribution in [0.1, 0.15) is 24.1 Å². The van der Waals surface area contributed by atoms with Crippen molar-refractivity contribution in [3.63, 3.8) is 0 Å². The number of anilines is 1. The molecule has 0 saturated carbocycles. The minimum absolute atomic E-state index is 0.440. The summed E-state index contributed by atoms with van der Waals surface area (Å²) >= 11 is 0. The minimum Gasteiger partial charge on any atom is -0.481 e. The van der Waals surface area contributed by atoms with Gasteiger partial charge in [0.25, 0.3) is 0 Å². The third kappa shape index (κ3) is 3.61. The fourth-order valence-corrected chi connectivity index (χ4v) is 3.09. The molecule has 1 aliphatic rings. The number of H-pyrrole nitrogens is 1. The number of ether oxygens (including phenoxy) is 1. The van der Waals surface area contributed by atoms with Crippen molar-refractivity contribution in [1.29, 1.82) is 0 Å². The van der Waals surface area contributed by atoms with Gasteiger partial charge in [0, 0.05) is 43.5 Å². The molecule has 0 aromatic carbocycles. The number of aromatic nitrogens is 4. The van der Waals surface area contributed by atoms with Crippen LogP contribution in [0.5, 0.6) is 5.88 Å². The predicted molar refractivity (Wildman–Crippen MR) is 88.6 cm³/mol. The first-order valence-corrected chi connectivity index (χ1v) is 7.97. The van der Waals surface area contributed by atoms with Crippen LogP contribution < -0.4 is 9.64 Å². The molecule has 3 heterocycles. The second-order valence-corrected chi connectivity index (χ2v) is 6.08. The zero-order chi connectivity index (χ0) is 16.2. The topological polar surface area (TPSA) is 70.2 Å². The van der Waals surface area contributed by atoms with Crippen molar-refractivity contribution in [2.24, 2.45) is 0 Å². The Morgan fingerprint density at radius 2 is 2.30 bits per heavy atom. The van der Waals surface area contributed by atoms with Crippen LogP contribution in [0.3, 0.4) is 0 Å². The molecule has 2 aromatic rings. The monoisotopic (exact) mass is 316 g/mol. The van der Waals surface area contributed by atoms with Crippen LogP contribution in [0.4, 0.5) is 5.82 Å². The number of aryl methyl sites for hydroxylation is 1. The molecule has 0 spiro atoms. The van der Waals surface area contributed by atoms with Gasteiger partial charge in [-0.25, -0.2) is 9.97 Å². The van der Waals surface area contributed by atoms with E-state index in [0.29, 0.717) is 11.9 Å². The molecule has 7 nitrogen and oxygen atoms in total. The van der Waals surface area contributed by atoms with Crippen molar-refractivity contribution < 1.29 is 4.74 Å². The lowest BCUT2D eigenvalue weighted by atomic mass is 10.0. The minimum atomic E-state index is 0.440. The van der Waals surface area contributed by atoms with Gasteiger partial charge in [0.2, 0.25) is 5.88 Å². The van der Waals surface area contributed by atoms with E-state index in [4.69, 9.17) is 4.74 Å². The van der Waals surface area contributed by atoms with Crippen molar-refractivity contribution in [1.82, 2.24) is 25.1 Å². The molecule has 23 heavy (non-hydrogen) atoms. The summed E-state index contributed by atoms with van der Waals surface area (Å²) in [6.07, 6.45) is 5.84. The van der Waals surface area contributed by atoms with Crippen LogP contribution in [0.25, 0.3) is 0 Å². The van der Waals surface area contributed by atoms with E-state index < -0.39 is 0 Å². The molecule has 1 aliphatic heterocycles. The predicted octanol–water partition coefficient (Wildman–Crippen LogP) is 1.62. The van der Waals surface area contributed by atoms with E-state index in [1.54, 1.807) is 13.4 Å². The lowest BCUT2D eigenvalue weighted by molar-refractivity contribution is 0.198. The maximum atomic E-state index is 5.20. The molecule has 0 amide bonds. The van der Waals surface area contributed by atoms with Crippen molar-refractivity contribution in [2.45, 2.75) is 32.4 Å². The zero-order valence-electron chi connectivity index (χ0n) is 14.0. The van der Waals surface area contributed by atoms with E-state index in [-0.39, 0.29) is 0 Å². The Kier molecular flexibility index (Phi) is 4.76. The number of hydrogen-bond donors (Lipinski definition) is 1. The Labute approximate surface area is 136 Å². The van der Waals surface area contributed by atoms with E-state index >= 15 is 0 Å². The van der Waals surface area contributed by atoms with Crippen LogP contribution in [0.15, 0.2) is 18.6 Å². The van der Waals surface area contributed by atoms with Crippen LogP contribution in [-0.2, 0) is 6.54 Å². The number of hydrogen-bond acceptors (Lipinski definition) is 6. The molecule has 7 heteroatoms. The van der Waals surface area contributed by atoms with Gasteiger partial charge in [0.05, 0.1) is 13.3 Å². The zero-order valence-corrected chi connectivity index (χ0v) is 14.0. The van der Waals surface area contributed by atoms with Gasteiger partial charge in [-0.3, -0.25) is 10.00 Å². The highest BCUT2D eigenvalue weighted by molar-refractivity contribution is 5.41. The quantitative estimate of drug-likeness (QED) is 0.904. The van der Waals surface area contributed by atoms with Gasteiger partial charge in [0.15, 0.2) is 0 Å². The normalized spacial score (nSPS) is 18.8. The third-order valence-electron chi connectivity index (χ3n) is 4.55. The molecule has 3 rings (SSSR count). The fraction of sp³-hybridized carbons (Fsp3) is 0.562. The first-order chi connectivity index (χ1) is 11.2. The number of aromatic amines is 1. The molecular weight excluding hydrogens is 292 g/mol. The second-order valence-electron chi connectivity index (χ2n) is 6.08. The number of likely N-dealkylation sites (N-methyl/N-ethyl adjacent to an activating group) is 1. The van der Waals surface area contributed by atoms with E-state index in [9.17, 15) is 0 Å². The fourth-order valence-electron chi connectivity index (χ4n) is 3.09. The van der Waals surface area contributed by atoms with E-state index in [1.165, 1.54) is 18.4 Å². The number of methoxy groups -OCH3 is 1. The highest BCUT2D eigenvalue weighted by Gasteiger charge is 2.25. The van der Waals surface area contributed by atoms with Crippen LogP contribution in [0, 0.1) is 6.92 Å². The first-order valence-electron chi connectivity index (χ1n) is 7.97. The number of likely N-dealkylation sites (tertiary alicyclic amines) is 1. The number of nitrogens with one attached hydrogen (secondary N) is 1.